The van der Waals surface area contributed by atoms with Crippen molar-refractivity contribution in [2.45, 2.75) is 39.0 Å². The number of carboxylic acids is 1. The zero-order chi connectivity index (χ0) is 8.27. The SMILES string of the molecule is CCCCCC1=C(C(=O)O)C1. The Kier molecular flexibility index (Phi) is 2.69. The molecule has 1 aliphatic carbocycles. The topological polar surface area (TPSA) is 37.3 Å². The molecule has 0 heterocycles. The Bertz CT molecular complexity index is 192. The van der Waals surface area contributed by atoms with Crippen molar-refractivity contribution in [3.8, 4) is 0 Å². The lowest BCUT2D eigenvalue weighted by molar-refractivity contribution is -0.132. The highest BCUT2D eigenvalue weighted by Gasteiger charge is 2.26. The number of hydrogen-bond acceptors (Lipinski definition) is 1. The highest BCUT2D eigenvalue weighted by molar-refractivity contribution is 5.93. The number of carboxylic acid groups (broad SMARTS) is 1. The second-order valence-electron chi connectivity index (χ2n) is 3.02. The Morgan fingerprint density at radius 3 is 2.73 bits per heavy atom. The monoisotopic (exact) mass is 154 g/mol. The molecule has 0 bridgehead atoms. The normalized spacial score (nSPS) is 15.4. The summed E-state index contributed by atoms with van der Waals surface area (Å²) in [5, 5.41) is 8.52. The molecule has 1 N–H and O–H groups in total. The predicted molar refractivity (Wildman–Crippen MR) is 43.4 cm³/mol. The van der Waals surface area contributed by atoms with Gasteiger partial charge in [-0.2, -0.15) is 0 Å². The van der Waals surface area contributed by atoms with Crippen molar-refractivity contribution < 1.29 is 9.90 Å². The number of carbonyl (C=O) groups is 1. The van der Waals surface area contributed by atoms with Gasteiger partial charge >= 0.3 is 5.97 Å². The third kappa shape index (κ3) is 2.37. The minimum atomic E-state index is -0.712. The van der Waals surface area contributed by atoms with Gasteiger partial charge in [0.15, 0.2) is 0 Å². The molecule has 11 heavy (non-hydrogen) atoms. The zero-order valence-electron chi connectivity index (χ0n) is 6.89. The van der Waals surface area contributed by atoms with Crippen molar-refractivity contribution in [1.29, 1.82) is 0 Å². The summed E-state index contributed by atoms with van der Waals surface area (Å²) in [4.78, 5) is 10.3. The molecule has 0 aromatic heterocycles. The average Bonchev–Trinajstić information content (AvgIpc) is 2.68. The molecule has 1 aliphatic rings. The van der Waals surface area contributed by atoms with Gasteiger partial charge in [-0.25, -0.2) is 4.79 Å². The summed E-state index contributed by atoms with van der Waals surface area (Å²) < 4.78 is 0. The zero-order valence-corrected chi connectivity index (χ0v) is 6.89. The van der Waals surface area contributed by atoms with Gasteiger partial charge in [-0.3, -0.25) is 0 Å². The van der Waals surface area contributed by atoms with Crippen LogP contribution < -0.4 is 0 Å². The molecule has 0 saturated carbocycles. The maximum absolute atomic E-state index is 10.3. The van der Waals surface area contributed by atoms with Crippen LogP contribution in [0, 0.1) is 0 Å². The molecule has 0 unspecified atom stereocenters. The molecule has 0 amide bonds. The van der Waals surface area contributed by atoms with Gasteiger partial charge in [0.1, 0.15) is 0 Å². The molecule has 62 valence electrons. The minimum Gasteiger partial charge on any atom is -0.478 e. The molecule has 0 aliphatic heterocycles. The molecule has 0 fully saturated rings. The quantitative estimate of drug-likeness (QED) is 0.617. The van der Waals surface area contributed by atoms with Gasteiger partial charge in [0, 0.05) is 12.0 Å². The van der Waals surface area contributed by atoms with E-state index in [4.69, 9.17) is 5.11 Å². The van der Waals surface area contributed by atoms with E-state index in [1.165, 1.54) is 18.4 Å². The Morgan fingerprint density at radius 1 is 1.55 bits per heavy atom. The van der Waals surface area contributed by atoms with E-state index in [1.54, 1.807) is 0 Å². The number of allylic oxidation sites excluding steroid dienone is 1. The molecule has 0 aromatic carbocycles. The van der Waals surface area contributed by atoms with E-state index in [0.29, 0.717) is 5.57 Å². The van der Waals surface area contributed by atoms with Gasteiger partial charge in [-0.15, -0.1) is 0 Å². The Hall–Kier alpha value is -0.790. The lowest BCUT2D eigenvalue weighted by atomic mass is 10.2. The van der Waals surface area contributed by atoms with Gasteiger partial charge in [0.05, 0.1) is 0 Å². The average molecular weight is 154 g/mol. The van der Waals surface area contributed by atoms with Gasteiger partial charge in [-0.05, 0) is 12.8 Å². The fourth-order valence-electron chi connectivity index (χ4n) is 1.22. The predicted octanol–water partition coefficient (Wildman–Crippen LogP) is 2.35. The Labute approximate surface area is 66.9 Å². The third-order valence-corrected chi connectivity index (χ3v) is 2.03. The number of unbranched alkanes of at least 4 members (excludes halogenated alkanes) is 2. The van der Waals surface area contributed by atoms with E-state index < -0.39 is 5.97 Å². The molecule has 0 aromatic rings. The summed E-state index contributed by atoms with van der Waals surface area (Å²) in [5.41, 5.74) is 1.84. The van der Waals surface area contributed by atoms with Crippen LogP contribution in [0.5, 0.6) is 0 Å². The molecule has 0 atom stereocenters. The first kappa shape index (κ1) is 8.31. The molecule has 2 nitrogen and oxygen atoms in total. The summed E-state index contributed by atoms with van der Waals surface area (Å²) in [6.07, 6.45) is 5.35. The van der Waals surface area contributed by atoms with E-state index in [0.717, 1.165) is 19.3 Å². The van der Waals surface area contributed by atoms with Crippen LogP contribution in [-0.2, 0) is 4.79 Å². The van der Waals surface area contributed by atoms with E-state index >= 15 is 0 Å². The van der Waals surface area contributed by atoms with Crippen LogP contribution >= 0.6 is 0 Å². The summed E-state index contributed by atoms with van der Waals surface area (Å²) in [7, 11) is 0. The first-order chi connectivity index (χ1) is 5.25. The fraction of sp³-hybridized carbons (Fsp3) is 0.667. The van der Waals surface area contributed by atoms with Crippen molar-refractivity contribution in [3.05, 3.63) is 11.1 Å². The van der Waals surface area contributed by atoms with Gasteiger partial charge in [0.2, 0.25) is 0 Å². The van der Waals surface area contributed by atoms with E-state index in [2.05, 4.69) is 6.92 Å². The molecule has 1 rings (SSSR count). The molecule has 0 spiro atoms. The van der Waals surface area contributed by atoms with Gasteiger partial charge < -0.3 is 5.11 Å². The van der Waals surface area contributed by atoms with E-state index in [1.807, 2.05) is 0 Å². The largest absolute Gasteiger partial charge is 0.478 e. The van der Waals surface area contributed by atoms with Gasteiger partial charge in [-0.1, -0.05) is 25.3 Å². The molecule has 2 heteroatoms. The second-order valence-corrected chi connectivity index (χ2v) is 3.02. The van der Waals surface area contributed by atoms with Crippen molar-refractivity contribution >= 4 is 5.97 Å². The molecular formula is C9H14O2. The summed E-state index contributed by atoms with van der Waals surface area (Å²) >= 11 is 0. The molecular weight excluding hydrogens is 140 g/mol. The smallest absolute Gasteiger partial charge is 0.331 e. The highest BCUT2D eigenvalue weighted by Crippen LogP contribution is 2.34. The summed E-state index contributed by atoms with van der Waals surface area (Å²) in [6.45, 7) is 2.15. The maximum atomic E-state index is 10.3. The van der Waals surface area contributed by atoms with Crippen molar-refractivity contribution in [2.75, 3.05) is 0 Å². The van der Waals surface area contributed by atoms with Crippen LogP contribution in [0.3, 0.4) is 0 Å². The lowest BCUT2D eigenvalue weighted by Gasteiger charge is -1.90. The van der Waals surface area contributed by atoms with E-state index in [9.17, 15) is 4.79 Å². The van der Waals surface area contributed by atoms with Crippen LogP contribution in [0.4, 0.5) is 0 Å². The van der Waals surface area contributed by atoms with Crippen LogP contribution in [0.15, 0.2) is 11.1 Å². The van der Waals surface area contributed by atoms with Crippen molar-refractivity contribution in [2.24, 2.45) is 0 Å². The first-order valence-corrected chi connectivity index (χ1v) is 4.20. The van der Waals surface area contributed by atoms with Crippen LogP contribution in [-0.4, -0.2) is 11.1 Å². The highest BCUT2D eigenvalue weighted by atomic mass is 16.4. The minimum absolute atomic E-state index is 0.668. The summed E-state index contributed by atoms with van der Waals surface area (Å²) in [5.74, 6) is -0.712. The number of aliphatic carboxylic acids is 1. The number of rotatable bonds is 5. The van der Waals surface area contributed by atoms with E-state index in [-0.39, 0.29) is 0 Å². The second kappa shape index (κ2) is 3.56. The third-order valence-electron chi connectivity index (χ3n) is 2.03. The fourth-order valence-corrected chi connectivity index (χ4v) is 1.22. The van der Waals surface area contributed by atoms with Crippen LogP contribution in [0.1, 0.15) is 39.0 Å². The molecule has 0 saturated heterocycles. The van der Waals surface area contributed by atoms with Gasteiger partial charge in [0.25, 0.3) is 0 Å². The Balaban J connectivity index is 2.16. The Morgan fingerprint density at radius 2 is 2.27 bits per heavy atom. The maximum Gasteiger partial charge on any atom is 0.331 e. The molecule has 0 radical (unpaired) electrons. The lowest BCUT2D eigenvalue weighted by Crippen LogP contribution is -1.88. The van der Waals surface area contributed by atoms with Crippen LogP contribution in [0.2, 0.25) is 0 Å². The van der Waals surface area contributed by atoms with Crippen LogP contribution in [0.25, 0.3) is 0 Å². The van der Waals surface area contributed by atoms with Crippen molar-refractivity contribution in [3.63, 3.8) is 0 Å². The number of hydrogen-bond donors (Lipinski definition) is 1. The standard InChI is InChI=1S/C9H14O2/c1-2-3-4-5-7-6-8(7)9(10)11/h2-6H2,1H3,(H,10,11). The summed E-state index contributed by atoms with van der Waals surface area (Å²) in [6, 6.07) is 0. The first-order valence-electron chi connectivity index (χ1n) is 4.20. The van der Waals surface area contributed by atoms with Crippen molar-refractivity contribution in [1.82, 2.24) is 0 Å².